The Hall–Kier alpha value is -3.20. The number of carbonyl (C=O) groups is 2. The van der Waals surface area contributed by atoms with Gasteiger partial charge < -0.3 is 29.0 Å². The molecule has 0 amide bonds. The number of benzene rings is 2. The third kappa shape index (κ3) is 8.66. The fourth-order valence-corrected chi connectivity index (χ4v) is 5.76. The highest BCUT2D eigenvalue weighted by Crippen LogP contribution is 2.49. The van der Waals surface area contributed by atoms with E-state index >= 15 is 0 Å². The molecule has 0 radical (unpaired) electrons. The Kier molecular flexibility index (Phi) is 13.2. The third-order valence-corrected chi connectivity index (χ3v) is 7.71. The van der Waals surface area contributed by atoms with Crippen LogP contribution in [0.4, 0.5) is 11.4 Å². The number of aliphatic hydroxyl groups is 2. The number of nitrogens with zero attached hydrogens (tertiary/aromatic N) is 3. The Morgan fingerprint density at radius 3 is 2.19 bits per heavy atom. The number of aliphatic hydroxyl groups excluding tert-OH is 1. The minimum absolute atomic E-state index is 0.385. The zero-order valence-corrected chi connectivity index (χ0v) is 27.4. The van der Waals surface area contributed by atoms with Crippen LogP contribution in [-0.4, -0.2) is 60.3 Å². The van der Waals surface area contributed by atoms with E-state index in [9.17, 15) is 9.59 Å². The monoisotopic (exact) mass is 593 g/mol. The smallest absolute Gasteiger partial charge is 0.124 e. The number of hydrogen-bond acceptors (Lipinski definition) is 8. The first-order chi connectivity index (χ1) is 19.9. The Labute approximate surface area is 256 Å². The number of unbranched alkanes of at least 4 members (excludes halogenated alkanes) is 1. The molecule has 2 aromatic carbocycles. The molecule has 0 spiro atoms. The van der Waals surface area contributed by atoms with Crippen molar-refractivity contribution >= 4 is 35.9 Å². The summed E-state index contributed by atoms with van der Waals surface area (Å²) in [7, 11) is 3.05. The Morgan fingerprint density at radius 2 is 1.64 bits per heavy atom. The number of rotatable bonds is 9. The topological polar surface area (TPSA) is 94.0 Å². The molecule has 1 aromatic heterocycles. The lowest BCUT2D eigenvalue weighted by molar-refractivity contribution is -0.108. The predicted octanol–water partition coefficient (Wildman–Crippen LogP) is 6.48. The second-order valence-electron chi connectivity index (χ2n) is 11.4. The van der Waals surface area contributed by atoms with Crippen molar-refractivity contribution < 1.29 is 19.8 Å². The highest BCUT2D eigenvalue weighted by Gasteiger charge is 2.31. The summed E-state index contributed by atoms with van der Waals surface area (Å²) in [5.74, 6) is 0. The summed E-state index contributed by atoms with van der Waals surface area (Å²) in [5.41, 5.74) is 11.9. The van der Waals surface area contributed by atoms with Crippen LogP contribution in [0, 0.1) is 20.8 Å². The summed E-state index contributed by atoms with van der Waals surface area (Å²) in [6.07, 6.45) is 7.81. The van der Waals surface area contributed by atoms with Gasteiger partial charge in [0, 0.05) is 50.9 Å². The van der Waals surface area contributed by atoms with Gasteiger partial charge in [0.05, 0.1) is 35.4 Å². The number of pyridine rings is 1. The van der Waals surface area contributed by atoms with Gasteiger partial charge in [-0.3, -0.25) is 4.98 Å². The molecule has 7 nitrogen and oxygen atoms in total. The van der Waals surface area contributed by atoms with Crippen LogP contribution in [0.5, 0.6) is 0 Å². The van der Waals surface area contributed by atoms with Gasteiger partial charge in [0.1, 0.15) is 12.6 Å². The Morgan fingerprint density at radius 1 is 1.02 bits per heavy atom. The SMILES string of the molecule is CC(C)(C)O.CO.CSN1Cc2cc(N(C)CCCC=O)cnc2-c2c(C)c(-c3ccc(C)cc3)c(CC=O)c(C)c21. The second-order valence-corrected chi connectivity index (χ2v) is 12.2. The van der Waals surface area contributed by atoms with Gasteiger partial charge in [-0.2, -0.15) is 0 Å². The summed E-state index contributed by atoms with van der Waals surface area (Å²) >= 11 is 1.70. The second kappa shape index (κ2) is 15.9. The molecule has 0 bridgehead atoms. The molecule has 0 aliphatic carbocycles. The van der Waals surface area contributed by atoms with Crippen LogP contribution < -0.4 is 9.21 Å². The number of hydrogen-bond donors (Lipinski definition) is 2. The maximum absolute atomic E-state index is 11.7. The normalized spacial score (nSPS) is 11.7. The molecule has 2 heterocycles. The number of carbonyl (C=O) groups excluding carboxylic acids is 2. The van der Waals surface area contributed by atoms with E-state index in [0.717, 1.165) is 89.6 Å². The maximum Gasteiger partial charge on any atom is 0.124 e. The standard InChI is InChI=1S/C29H33N3O2S.C4H10O.CH4O/c1-19-8-10-22(11-9-19)26-21(3)27-28-23(16-24(17-30-28)31(4)13-6-7-14-33)18-32(35-5)29(27)20(2)25(26)12-15-34;1-4(2,3)5;1-2/h8-11,14-17H,6-7,12-13,18H2,1-5H3;5H,1-3H3;2H,1H3. The van der Waals surface area contributed by atoms with E-state index in [4.69, 9.17) is 15.2 Å². The molecule has 0 saturated carbocycles. The summed E-state index contributed by atoms with van der Waals surface area (Å²) in [6, 6.07) is 10.8. The van der Waals surface area contributed by atoms with Crippen LogP contribution in [0.25, 0.3) is 22.4 Å². The van der Waals surface area contributed by atoms with Crippen molar-refractivity contribution in [2.24, 2.45) is 0 Å². The van der Waals surface area contributed by atoms with Gasteiger partial charge in [-0.15, -0.1) is 0 Å². The molecule has 4 rings (SSSR count). The van der Waals surface area contributed by atoms with E-state index in [1.54, 1.807) is 32.7 Å². The quantitative estimate of drug-likeness (QED) is 0.165. The molecule has 1 aliphatic heterocycles. The first-order valence-electron chi connectivity index (χ1n) is 14.2. The Bertz CT molecular complexity index is 1340. The van der Waals surface area contributed by atoms with Gasteiger partial charge in [-0.25, -0.2) is 0 Å². The van der Waals surface area contributed by atoms with E-state index in [0.29, 0.717) is 12.8 Å². The summed E-state index contributed by atoms with van der Waals surface area (Å²) in [6.45, 7) is 13.2. The van der Waals surface area contributed by atoms with Crippen molar-refractivity contribution in [2.75, 3.05) is 36.2 Å². The number of anilines is 2. The zero-order chi connectivity index (χ0) is 31.6. The Balaban J connectivity index is 0.000000797. The van der Waals surface area contributed by atoms with Gasteiger partial charge in [-0.1, -0.05) is 41.8 Å². The summed E-state index contributed by atoms with van der Waals surface area (Å²) in [4.78, 5) is 29.6. The van der Waals surface area contributed by atoms with Crippen LogP contribution in [0.15, 0.2) is 36.5 Å². The molecule has 0 fully saturated rings. The molecule has 0 saturated heterocycles. The fraction of sp³-hybridized carbons (Fsp3) is 0.441. The lowest BCUT2D eigenvalue weighted by Crippen LogP contribution is -2.24. The lowest BCUT2D eigenvalue weighted by Gasteiger charge is -2.35. The summed E-state index contributed by atoms with van der Waals surface area (Å²) < 4.78 is 2.32. The van der Waals surface area contributed by atoms with E-state index in [2.05, 4.69) is 66.6 Å². The van der Waals surface area contributed by atoms with Crippen molar-refractivity contribution in [3.8, 4) is 22.4 Å². The van der Waals surface area contributed by atoms with Gasteiger partial charge in [-0.05, 0) is 81.8 Å². The minimum Gasteiger partial charge on any atom is -0.400 e. The average Bonchev–Trinajstić information content (AvgIpc) is 2.95. The van der Waals surface area contributed by atoms with Crippen LogP contribution in [-0.2, 0) is 22.6 Å². The van der Waals surface area contributed by atoms with Crippen LogP contribution in [0.1, 0.15) is 61.4 Å². The highest BCUT2D eigenvalue weighted by atomic mass is 32.2. The largest absolute Gasteiger partial charge is 0.400 e. The van der Waals surface area contributed by atoms with Crippen LogP contribution in [0.2, 0.25) is 0 Å². The lowest BCUT2D eigenvalue weighted by atomic mass is 9.82. The molecule has 228 valence electrons. The zero-order valence-electron chi connectivity index (χ0n) is 26.6. The van der Waals surface area contributed by atoms with Crippen molar-refractivity contribution in [1.82, 2.24) is 4.98 Å². The molecule has 1 aliphatic rings. The van der Waals surface area contributed by atoms with Crippen LogP contribution >= 0.6 is 11.9 Å². The molecular weight excluding hydrogens is 546 g/mol. The molecule has 42 heavy (non-hydrogen) atoms. The van der Waals surface area contributed by atoms with E-state index in [1.807, 2.05) is 13.2 Å². The van der Waals surface area contributed by atoms with E-state index in [-0.39, 0.29) is 0 Å². The van der Waals surface area contributed by atoms with E-state index in [1.165, 1.54) is 11.1 Å². The van der Waals surface area contributed by atoms with Crippen molar-refractivity contribution in [3.05, 3.63) is 64.3 Å². The first kappa shape index (κ1) is 35.0. The van der Waals surface area contributed by atoms with Gasteiger partial charge >= 0.3 is 0 Å². The fourth-order valence-electron chi connectivity index (χ4n) is 5.08. The van der Waals surface area contributed by atoms with E-state index < -0.39 is 5.60 Å². The molecule has 2 N–H and O–H groups in total. The molecule has 0 atom stereocenters. The molecular formula is C34H47N3O4S. The predicted molar refractivity (Wildman–Crippen MR) is 177 cm³/mol. The third-order valence-electron chi connectivity index (χ3n) is 6.95. The van der Waals surface area contributed by atoms with Crippen molar-refractivity contribution in [3.63, 3.8) is 0 Å². The van der Waals surface area contributed by atoms with Gasteiger partial charge in [0.25, 0.3) is 0 Å². The maximum atomic E-state index is 11.7. The number of aromatic nitrogens is 1. The number of aryl methyl sites for hydroxylation is 1. The average molecular weight is 594 g/mol. The summed E-state index contributed by atoms with van der Waals surface area (Å²) in [5, 5.41) is 15.5. The minimum atomic E-state index is -0.500. The number of aldehydes is 2. The molecule has 3 aromatic rings. The number of fused-ring (bicyclic) bond motifs is 3. The molecule has 8 heteroatoms. The van der Waals surface area contributed by atoms with Crippen LogP contribution in [0.3, 0.4) is 0 Å². The van der Waals surface area contributed by atoms with Gasteiger partial charge in [0.2, 0.25) is 0 Å². The highest BCUT2D eigenvalue weighted by molar-refractivity contribution is 7.99. The van der Waals surface area contributed by atoms with Crippen molar-refractivity contribution in [2.45, 2.75) is 73.0 Å². The first-order valence-corrected chi connectivity index (χ1v) is 15.4. The molecule has 0 unspecified atom stereocenters. The van der Waals surface area contributed by atoms with Crippen molar-refractivity contribution in [1.29, 1.82) is 0 Å². The van der Waals surface area contributed by atoms with Gasteiger partial charge in [0.15, 0.2) is 0 Å².